The number of nitrogen functional groups attached to an aromatic ring is 1. The van der Waals surface area contributed by atoms with E-state index in [0.717, 1.165) is 28.8 Å². The minimum absolute atomic E-state index is 0.233. The highest BCUT2D eigenvalue weighted by Gasteiger charge is 2.29. The molecule has 1 fully saturated rings. The Labute approximate surface area is 131 Å². The number of anilines is 1. The van der Waals surface area contributed by atoms with Crippen LogP contribution in [0.2, 0.25) is 0 Å². The summed E-state index contributed by atoms with van der Waals surface area (Å²) in [6.45, 7) is 0. The summed E-state index contributed by atoms with van der Waals surface area (Å²) in [7, 11) is 1.54. The van der Waals surface area contributed by atoms with Crippen LogP contribution in [0.1, 0.15) is 24.5 Å². The highest BCUT2D eigenvalue weighted by Crippen LogP contribution is 2.43. The van der Waals surface area contributed by atoms with Crippen LogP contribution in [-0.4, -0.2) is 24.7 Å². The van der Waals surface area contributed by atoms with Gasteiger partial charge in [0, 0.05) is 24.7 Å². The second-order valence-corrected chi connectivity index (χ2v) is 5.55. The summed E-state index contributed by atoms with van der Waals surface area (Å²) in [6.07, 6.45) is 7.03. The Hall–Kier alpha value is -3.03. The van der Waals surface area contributed by atoms with Gasteiger partial charge in [-0.15, -0.1) is 5.10 Å². The summed E-state index contributed by atoms with van der Waals surface area (Å²) in [5.74, 6) is 0.521. The molecular weight excluding hydrogens is 296 g/mol. The van der Waals surface area contributed by atoms with E-state index in [1.54, 1.807) is 12.4 Å². The predicted molar refractivity (Wildman–Crippen MR) is 82.4 cm³/mol. The van der Waals surface area contributed by atoms with Crippen LogP contribution < -0.4 is 11.5 Å². The molecule has 3 aromatic heterocycles. The zero-order valence-corrected chi connectivity index (χ0v) is 12.4. The van der Waals surface area contributed by atoms with Gasteiger partial charge in [-0.3, -0.25) is 9.97 Å². The Kier molecular flexibility index (Phi) is 2.97. The molecule has 0 spiro atoms. The van der Waals surface area contributed by atoms with Crippen molar-refractivity contribution in [1.29, 1.82) is 0 Å². The summed E-state index contributed by atoms with van der Waals surface area (Å²) in [5, 5.41) is 4.06. The van der Waals surface area contributed by atoms with Gasteiger partial charge in [-0.2, -0.15) is 4.68 Å². The number of nitrogens with two attached hydrogens (primary N) is 1. The average molecular weight is 310 g/mol. The fourth-order valence-corrected chi connectivity index (χ4v) is 2.42. The van der Waals surface area contributed by atoms with Crippen LogP contribution in [0.4, 0.5) is 5.82 Å². The van der Waals surface area contributed by atoms with Gasteiger partial charge < -0.3 is 10.2 Å². The predicted octanol–water partition coefficient (Wildman–Crippen LogP) is 1.35. The third-order valence-electron chi connectivity index (χ3n) is 3.77. The lowest BCUT2D eigenvalue weighted by molar-refractivity contribution is 0.505. The van der Waals surface area contributed by atoms with Crippen molar-refractivity contribution in [2.45, 2.75) is 18.8 Å². The third-order valence-corrected chi connectivity index (χ3v) is 3.77. The van der Waals surface area contributed by atoms with Gasteiger partial charge >= 0.3 is 5.76 Å². The van der Waals surface area contributed by atoms with E-state index in [-0.39, 0.29) is 5.89 Å². The van der Waals surface area contributed by atoms with E-state index in [9.17, 15) is 4.79 Å². The van der Waals surface area contributed by atoms with E-state index in [0.29, 0.717) is 23.0 Å². The van der Waals surface area contributed by atoms with Gasteiger partial charge in [0.05, 0.1) is 29.3 Å². The van der Waals surface area contributed by atoms with Crippen molar-refractivity contribution >= 4 is 5.82 Å². The third kappa shape index (κ3) is 2.48. The molecule has 0 radical (unpaired) electrons. The summed E-state index contributed by atoms with van der Waals surface area (Å²) >= 11 is 0. The number of aryl methyl sites for hydroxylation is 1. The zero-order valence-electron chi connectivity index (χ0n) is 12.4. The van der Waals surface area contributed by atoms with Crippen molar-refractivity contribution in [1.82, 2.24) is 24.7 Å². The first kappa shape index (κ1) is 13.6. The molecule has 0 saturated heterocycles. The lowest BCUT2D eigenvalue weighted by atomic mass is 10.0. The molecule has 2 N–H and O–H groups in total. The fraction of sp³-hybridized carbons (Fsp3) is 0.267. The van der Waals surface area contributed by atoms with Crippen LogP contribution in [0.15, 0.2) is 33.9 Å². The first-order chi connectivity index (χ1) is 11.1. The Morgan fingerprint density at radius 1 is 1.22 bits per heavy atom. The molecular formula is C15H14N6O2. The van der Waals surface area contributed by atoms with E-state index in [4.69, 9.17) is 10.2 Å². The smallest absolute Gasteiger partial charge is 0.388 e. The molecule has 3 heterocycles. The van der Waals surface area contributed by atoms with Crippen LogP contribution in [0.25, 0.3) is 22.7 Å². The van der Waals surface area contributed by atoms with Crippen molar-refractivity contribution < 1.29 is 4.42 Å². The number of hydrogen-bond acceptors (Lipinski definition) is 7. The fourth-order valence-electron chi connectivity index (χ4n) is 2.42. The van der Waals surface area contributed by atoms with Gasteiger partial charge in [-0.1, -0.05) is 0 Å². The SMILES string of the molecule is Cn1nc(-c2cnc(C3CC3)c(-c3cnc(N)cn3)c2)oc1=O. The lowest BCUT2D eigenvalue weighted by Gasteiger charge is -2.08. The molecule has 0 amide bonds. The van der Waals surface area contributed by atoms with Crippen LogP contribution >= 0.6 is 0 Å². The van der Waals surface area contributed by atoms with Crippen molar-refractivity contribution in [3.63, 3.8) is 0 Å². The standard InChI is InChI=1S/C15H14N6O2/c1-21-15(22)23-14(20-21)9-4-10(11-6-18-12(16)7-17-11)13(19-5-9)8-2-3-8/h4-8H,2-3H2,1H3,(H2,16,18). The molecule has 116 valence electrons. The van der Waals surface area contributed by atoms with Crippen molar-refractivity contribution in [3.05, 3.63) is 40.9 Å². The maximum atomic E-state index is 11.5. The molecule has 1 aliphatic rings. The molecule has 8 nitrogen and oxygen atoms in total. The summed E-state index contributed by atoms with van der Waals surface area (Å²) in [6, 6.07) is 1.88. The molecule has 23 heavy (non-hydrogen) atoms. The van der Waals surface area contributed by atoms with Gasteiger partial charge in [0.25, 0.3) is 5.89 Å². The highest BCUT2D eigenvalue weighted by molar-refractivity contribution is 5.69. The molecule has 8 heteroatoms. The summed E-state index contributed by atoms with van der Waals surface area (Å²) < 4.78 is 6.27. The van der Waals surface area contributed by atoms with E-state index >= 15 is 0 Å². The van der Waals surface area contributed by atoms with E-state index < -0.39 is 5.76 Å². The van der Waals surface area contributed by atoms with Crippen LogP contribution in [-0.2, 0) is 7.05 Å². The second-order valence-electron chi connectivity index (χ2n) is 5.55. The normalized spacial score (nSPS) is 14.1. The first-order valence-electron chi connectivity index (χ1n) is 7.24. The Bertz CT molecular complexity index is 924. The number of hydrogen-bond donors (Lipinski definition) is 1. The van der Waals surface area contributed by atoms with Crippen molar-refractivity contribution in [2.24, 2.45) is 7.05 Å². The van der Waals surface area contributed by atoms with Crippen LogP contribution in [0.5, 0.6) is 0 Å². The Balaban J connectivity index is 1.86. The molecule has 1 saturated carbocycles. The van der Waals surface area contributed by atoms with Gasteiger partial charge in [0.15, 0.2) is 0 Å². The molecule has 0 aliphatic heterocycles. The summed E-state index contributed by atoms with van der Waals surface area (Å²) in [5.41, 5.74) is 8.76. The Morgan fingerprint density at radius 2 is 2.04 bits per heavy atom. The van der Waals surface area contributed by atoms with Crippen molar-refractivity contribution in [2.75, 3.05) is 5.73 Å². The minimum Gasteiger partial charge on any atom is -0.388 e. The number of aromatic nitrogens is 5. The molecule has 0 aromatic carbocycles. The van der Waals surface area contributed by atoms with E-state index in [1.165, 1.54) is 13.2 Å². The largest absolute Gasteiger partial charge is 0.437 e. The maximum Gasteiger partial charge on any atom is 0.437 e. The summed E-state index contributed by atoms with van der Waals surface area (Å²) in [4.78, 5) is 24.4. The van der Waals surface area contributed by atoms with Crippen molar-refractivity contribution in [3.8, 4) is 22.7 Å². The van der Waals surface area contributed by atoms with Gasteiger partial charge in [0.1, 0.15) is 5.82 Å². The zero-order chi connectivity index (χ0) is 16.0. The van der Waals surface area contributed by atoms with Crippen LogP contribution in [0, 0.1) is 0 Å². The van der Waals surface area contributed by atoms with Gasteiger partial charge in [-0.25, -0.2) is 9.78 Å². The highest BCUT2D eigenvalue weighted by atomic mass is 16.4. The van der Waals surface area contributed by atoms with Gasteiger partial charge in [-0.05, 0) is 18.9 Å². The second kappa shape index (κ2) is 5.01. The first-order valence-corrected chi connectivity index (χ1v) is 7.24. The van der Waals surface area contributed by atoms with E-state index in [2.05, 4.69) is 20.1 Å². The molecule has 4 rings (SSSR count). The lowest BCUT2D eigenvalue weighted by Crippen LogP contribution is -2.09. The molecule has 0 unspecified atom stereocenters. The average Bonchev–Trinajstić information content (AvgIpc) is 3.34. The number of nitrogens with zero attached hydrogens (tertiary/aromatic N) is 5. The van der Waals surface area contributed by atoms with Gasteiger partial charge in [0.2, 0.25) is 0 Å². The monoisotopic (exact) mass is 310 g/mol. The molecule has 3 aromatic rings. The quantitative estimate of drug-likeness (QED) is 0.776. The minimum atomic E-state index is -0.514. The number of pyridine rings is 1. The molecule has 0 bridgehead atoms. The van der Waals surface area contributed by atoms with Crippen LogP contribution in [0.3, 0.4) is 0 Å². The Morgan fingerprint density at radius 3 is 2.65 bits per heavy atom. The van der Waals surface area contributed by atoms with E-state index in [1.807, 2.05) is 6.07 Å². The number of rotatable bonds is 3. The maximum absolute atomic E-state index is 11.5. The molecule has 1 aliphatic carbocycles. The molecule has 0 atom stereocenters. The topological polar surface area (TPSA) is 113 Å².